The number of nitrogens with zero attached hydrogens (tertiary/aromatic N) is 1. The highest BCUT2D eigenvalue weighted by Gasteiger charge is 2.52. The van der Waals surface area contributed by atoms with Crippen LogP contribution in [0.15, 0.2) is 109 Å². The Kier molecular flexibility index (Phi) is 6.04. The summed E-state index contributed by atoms with van der Waals surface area (Å²) >= 11 is 0. The fraction of sp³-hybridized carbons (Fsp3) is 0.0690. The lowest BCUT2D eigenvalue weighted by Gasteiger charge is -2.28. The summed E-state index contributed by atoms with van der Waals surface area (Å²) in [5, 5.41) is 14.4. The molecule has 2 amide bonds. The highest BCUT2D eigenvalue weighted by atomic mass is 19.1. The van der Waals surface area contributed by atoms with Crippen LogP contribution >= 0.6 is 0 Å². The second-order valence-electron chi connectivity index (χ2n) is 8.48. The maximum Gasteiger partial charge on any atom is 0.264 e. The zero-order chi connectivity index (χ0) is 25.1. The number of hydrogen-bond donors (Lipinski definition) is 3. The third-order valence-electron chi connectivity index (χ3n) is 6.23. The molecule has 0 spiro atoms. The number of anilines is 1. The van der Waals surface area contributed by atoms with Crippen LogP contribution in [-0.2, 0) is 16.9 Å². The van der Waals surface area contributed by atoms with Crippen LogP contribution in [0.5, 0.6) is 0 Å². The second-order valence-corrected chi connectivity index (χ2v) is 8.48. The van der Waals surface area contributed by atoms with Gasteiger partial charge in [0.1, 0.15) is 5.82 Å². The van der Waals surface area contributed by atoms with Gasteiger partial charge in [-0.15, -0.1) is 0 Å². The molecule has 4 aromatic rings. The van der Waals surface area contributed by atoms with Gasteiger partial charge in [0.05, 0.1) is 12.1 Å². The van der Waals surface area contributed by atoms with E-state index in [2.05, 4.69) is 10.6 Å². The molecule has 0 atom stereocenters. The molecule has 7 heteroatoms. The Morgan fingerprint density at radius 3 is 1.97 bits per heavy atom. The molecular weight excluding hydrogens is 455 g/mol. The van der Waals surface area contributed by atoms with Crippen LogP contribution in [0.1, 0.15) is 27.0 Å². The first-order chi connectivity index (χ1) is 17.5. The van der Waals surface area contributed by atoms with Crippen molar-refractivity contribution in [2.24, 2.45) is 0 Å². The summed E-state index contributed by atoms with van der Waals surface area (Å²) in [5.74, 6) is -1.38. The molecule has 0 radical (unpaired) electrons. The summed E-state index contributed by atoms with van der Waals surface area (Å²) in [5.41, 5.74) is 1.53. The Morgan fingerprint density at radius 2 is 1.39 bits per heavy atom. The molecule has 0 aliphatic carbocycles. The van der Waals surface area contributed by atoms with Crippen molar-refractivity contribution in [1.82, 2.24) is 10.2 Å². The van der Waals surface area contributed by atoms with Crippen molar-refractivity contribution in [3.05, 3.63) is 137 Å². The third kappa shape index (κ3) is 4.11. The molecule has 0 aromatic heterocycles. The van der Waals surface area contributed by atoms with Crippen LogP contribution in [0.25, 0.3) is 0 Å². The summed E-state index contributed by atoms with van der Waals surface area (Å²) in [4.78, 5) is 27.7. The molecule has 0 bridgehead atoms. The van der Waals surface area contributed by atoms with E-state index in [4.69, 9.17) is 5.41 Å². The lowest BCUT2D eigenvalue weighted by molar-refractivity contribution is -0.130. The van der Waals surface area contributed by atoms with E-state index in [1.807, 2.05) is 60.7 Å². The molecule has 1 aliphatic rings. The maximum atomic E-state index is 13.9. The van der Waals surface area contributed by atoms with Crippen molar-refractivity contribution in [3.8, 4) is 0 Å². The molecule has 6 nitrogen and oxygen atoms in total. The minimum atomic E-state index is -1.20. The number of nitrogens with one attached hydrogen (secondary N) is 3. The van der Waals surface area contributed by atoms with Gasteiger partial charge in [0.2, 0.25) is 0 Å². The van der Waals surface area contributed by atoms with E-state index in [-0.39, 0.29) is 24.0 Å². The summed E-state index contributed by atoms with van der Waals surface area (Å²) < 4.78 is 13.9. The zero-order valence-electron chi connectivity index (χ0n) is 19.2. The average molecular weight is 479 g/mol. The SMILES string of the molecule is N=C1NC(c2ccccc2)(c2ccccc2)C(=O)N1Cc1ccc(NC(=O)c2ccccc2F)cc1. The lowest BCUT2D eigenvalue weighted by atomic mass is 9.82. The van der Waals surface area contributed by atoms with Crippen molar-refractivity contribution in [2.45, 2.75) is 12.1 Å². The molecule has 1 fully saturated rings. The van der Waals surface area contributed by atoms with Gasteiger partial charge in [0, 0.05) is 5.69 Å². The number of benzene rings is 4. The first-order valence-electron chi connectivity index (χ1n) is 11.4. The van der Waals surface area contributed by atoms with Crippen LogP contribution in [0.3, 0.4) is 0 Å². The predicted octanol–water partition coefficient (Wildman–Crippen LogP) is 4.89. The van der Waals surface area contributed by atoms with Gasteiger partial charge >= 0.3 is 0 Å². The zero-order valence-corrected chi connectivity index (χ0v) is 19.2. The summed E-state index contributed by atoms with van der Waals surface area (Å²) in [6, 6.07) is 31.4. The predicted molar refractivity (Wildman–Crippen MR) is 136 cm³/mol. The van der Waals surface area contributed by atoms with Crippen LogP contribution in [0.4, 0.5) is 10.1 Å². The van der Waals surface area contributed by atoms with Gasteiger partial charge in [-0.2, -0.15) is 0 Å². The minimum Gasteiger partial charge on any atom is -0.334 e. The fourth-order valence-electron chi connectivity index (χ4n) is 4.41. The Balaban J connectivity index is 1.37. The number of hydrogen-bond acceptors (Lipinski definition) is 3. The second kappa shape index (κ2) is 9.46. The van der Waals surface area contributed by atoms with Crippen LogP contribution in [0.2, 0.25) is 0 Å². The van der Waals surface area contributed by atoms with Crippen LogP contribution in [0, 0.1) is 11.2 Å². The first-order valence-corrected chi connectivity index (χ1v) is 11.4. The number of guanidine groups is 1. The molecule has 1 aliphatic heterocycles. The highest BCUT2D eigenvalue weighted by Crippen LogP contribution is 2.36. The van der Waals surface area contributed by atoms with Gasteiger partial charge < -0.3 is 10.6 Å². The molecule has 36 heavy (non-hydrogen) atoms. The number of halogens is 1. The number of rotatable bonds is 6. The summed E-state index contributed by atoms with van der Waals surface area (Å²) in [7, 11) is 0. The number of amides is 2. The van der Waals surface area contributed by atoms with E-state index < -0.39 is 17.3 Å². The monoisotopic (exact) mass is 478 g/mol. The largest absolute Gasteiger partial charge is 0.334 e. The molecule has 0 unspecified atom stereocenters. The Morgan fingerprint density at radius 1 is 0.833 bits per heavy atom. The van der Waals surface area contributed by atoms with Crippen LogP contribution < -0.4 is 10.6 Å². The molecule has 3 N–H and O–H groups in total. The number of carbonyl (C=O) groups excluding carboxylic acids is 2. The molecule has 5 rings (SSSR count). The standard InChI is InChI=1S/C29H23FN4O2/c30-25-14-8-7-13-24(25)26(35)32-23-17-15-20(16-18-23)19-34-27(36)29(33-28(34)31,21-9-3-1-4-10-21)22-11-5-2-6-12-22/h1-18H,19H2,(H2,31,33)(H,32,35). The third-order valence-corrected chi connectivity index (χ3v) is 6.23. The van der Waals surface area contributed by atoms with Crippen molar-refractivity contribution < 1.29 is 14.0 Å². The molecular formula is C29H23FN4O2. The molecule has 0 saturated carbocycles. The van der Waals surface area contributed by atoms with E-state index in [9.17, 15) is 14.0 Å². The van der Waals surface area contributed by atoms with Gasteiger partial charge in [0.25, 0.3) is 11.8 Å². The highest BCUT2D eigenvalue weighted by molar-refractivity contribution is 6.10. The van der Waals surface area contributed by atoms with Crippen molar-refractivity contribution >= 4 is 23.5 Å². The van der Waals surface area contributed by atoms with Crippen LogP contribution in [-0.4, -0.2) is 22.7 Å². The van der Waals surface area contributed by atoms with E-state index in [0.717, 1.165) is 16.7 Å². The lowest BCUT2D eigenvalue weighted by Crippen LogP contribution is -2.45. The smallest absolute Gasteiger partial charge is 0.264 e. The Bertz CT molecular complexity index is 1380. The molecule has 178 valence electrons. The molecule has 1 saturated heterocycles. The van der Waals surface area contributed by atoms with Gasteiger partial charge in [-0.1, -0.05) is 84.9 Å². The average Bonchev–Trinajstić information content (AvgIpc) is 3.16. The fourth-order valence-corrected chi connectivity index (χ4v) is 4.41. The minimum absolute atomic E-state index is 0.00429. The van der Waals surface area contributed by atoms with Crippen molar-refractivity contribution in [1.29, 1.82) is 5.41 Å². The van der Waals surface area contributed by atoms with E-state index in [1.54, 1.807) is 30.3 Å². The molecule has 1 heterocycles. The normalized spacial score (nSPS) is 14.4. The maximum absolute atomic E-state index is 13.9. The Hall–Kier alpha value is -4.78. The molecule has 4 aromatic carbocycles. The topological polar surface area (TPSA) is 85.3 Å². The van der Waals surface area contributed by atoms with Crippen molar-refractivity contribution in [2.75, 3.05) is 5.32 Å². The van der Waals surface area contributed by atoms with E-state index in [1.165, 1.54) is 23.1 Å². The summed E-state index contributed by atoms with van der Waals surface area (Å²) in [6.45, 7) is 0.174. The first kappa shape index (κ1) is 23.0. The van der Waals surface area contributed by atoms with Gasteiger partial charge in [-0.25, -0.2) is 4.39 Å². The quantitative estimate of drug-likeness (QED) is 0.369. The van der Waals surface area contributed by atoms with Gasteiger partial charge in [-0.05, 0) is 41.0 Å². The van der Waals surface area contributed by atoms with E-state index >= 15 is 0 Å². The van der Waals surface area contributed by atoms with Gasteiger partial charge in [-0.3, -0.25) is 19.9 Å². The van der Waals surface area contributed by atoms with Gasteiger partial charge in [0.15, 0.2) is 11.5 Å². The summed E-state index contributed by atoms with van der Waals surface area (Å²) in [6.07, 6.45) is 0. The van der Waals surface area contributed by atoms with E-state index in [0.29, 0.717) is 5.69 Å². The Labute approximate surface area is 207 Å². The van der Waals surface area contributed by atoms with Crippen molar-refractivity contribution in [3.63, 3.8) is 0 Å². The number of carbonyl (C=O) groups is 2.